The highest BCUT2D eigenvalue weighted by molar-refractivity contribution is 7.99. The number of nitrogens with zero attached hydrogens (tertiary/aromatic N) is 5. The van der Waals surface area contributed by atoms with Gasteiger partial charge in [0.1, 0.15) is 0 Å². The topological polar surface area (TPSA) is 67.4 Å². The van der Waals surface area contributed by atoms with Crippen LogP contribution in [-0.2, 0) is 6.54 Å². The zero-order chi connectivity index (χ0) is 17.3. The van der Waals surface area contributed by atoms with E-state index in [9.17, 15) is 0 Å². The summed E-state index contributed by atoms with van der Waals surface area (Å²) in [6.07, 6.45) is 3.31. The van der Waals surface area contributed by atoms with Gasteiger partial charge in [0.15, 0.2) is 0 Å². The summed E-state index contributed by atoms with van der Waals surface area (Å²) in [5, 5.41) is 21.4. The van der Waals surface area contributed by atoms with E-state index in [4.69, 9.17) is 5.26 Å². The van der Waals surface area contributed by atoms with E-state index in [1.54, 1.807) is 4.80 Å². The van der Waals surface area contributed by atoms with E-state index in [2.05, 4.69) is 21.5 Å². The highest BCUT2D eigenvalue weighted by atomic mass is 32.2. The Morgan fingerprint density at radius 3 is 2.52 bits per heavy atom. The quantitative estimate of drug-likeness (QED) is 0.451. The highest BCUT2D eigenvalue weighted by Crippen LogP contribution is 2.20. The number of aromatic nitrogens is 4. The molecule has 0 fully saturated rings. The third-order valence-corrected chi connectivity index (χ3v) is 4.84. The molecule has 6 heteroatoms. The summed E-state index contributed by atoms with van der Waals surface area (Å²) in [7, 11) is 0. The lowest BCUT2D eigenvalue weighted by molar-refractivity contribution is 0.487. The number of thioether (sulfide) groups is 1. The molecule has 126 valence electrons. The molecule has 0 aliphatic rings. The van der Waals surface area contributed by atoms with Crippen molar-refractivity contribution in [3.05, 3.63) is 60.2 Å². The Kier molecular flexibility index (Phi) is 6.18. The van der Waals surface area contributed by atoms with Crippen molar-refractivity contribution < 1.29 is 0 Å². The Labute approximate surface area is 151 Å². The van der Waals surface area contributed by atoms with Gasteiger partial charge in [-0.3, -0.25) is 0 Å². The van der Waals surface area contributed by atoms with Gasteiger partial charge in [0.25, 0.3) is 0 Å². The Bertz CT molecular complexity index is 821. The molecule has 3 aromatic rings. The molecule has 0 aliphatic carbocycles. The molecule has 0 amide bonds. The van der Waals surface area contributed by atoms with Crippen LogP contribution in [0.4, 0.5) is 0 Å². The molecule has 0 saturated heterocycles. The van der Waals surface area contributed by atoms with E-state index in [1.807, 2.05) is 66.4 Å². The molecule has 0 bridgehead atoms. The standard InChI is InChI=1S/C19H19N5S/c20-15-16-9-11-18(12-10-16)25-14-6-2-5-13-24-22-19(21-23-24)17-7-3-1-4-8-17/h1,3-4,7-12H,2,5-6,13-14H2. The molecule has 2 aromatic carbocycles. The smallest absolute Gasteiger partial charge is 0.192 e. The van der Waals surface area contributed by atoms with Crippen LogP contribution in [0.25, 0.3) is 11.4 Å². The molecular weight excluding hydrogens is 330 g/mol. The molecule has 1 heterocycles. The van der Waals surface area contributed by atoms with E-state index in [0.717, 1.165) is 37.1 Å². The normalized spacial score (nSPS) is 10.5. The van der Waals surface area contributed by atoms with Gasteiger partial charge in [-0.15, -0.1) is 22.0 Å². The van der Waals surface area contributed by atoms with Gasteiger partial charge in [0.2, 0.25) is 5.82 Å². The van der Waals surface area contributed by atoms with Crippen molar-refractivity contribution in [1.82, 2.24) is 20.2 Å². The van der Waals surface area contributed by atoms with Crippen LogP contribution in [-0.4, -0.2) is 26.0 Å². The Hall–Kier alpha value is -2.65. The van der Waals surface area contributed by atoms with Gasteiger partial charge in [-0.1, -0.05) is 36.8 Å². The zero-order valence-corrected chi connectivity index (χ0v) is 14.7. The molecule has 0 saturated carbocycles. The summed E-state index contributed by atoms with van der Waals surface area (Å²) >= 11 is 1.83. The highest BCUT2D eigenvalue weighted by Gasteiger charge is 2.04. The van der Waals surface area contributed by atoms with Crippen LogP contribution in [0.5, 0.6) is 0 Å². The second kappa shape index (κ2) is 9.00. The van der Waals surface area contributed by atoms with Crippen LogP contribution in [0.15, 0.2) is 59.5 Å². The Morgan fingerprint density at radius 2 is 1.76 bits per heavy atom. The minimum Gasteiger partial charge on any atom is -0.192 e. The second-order valence-corrected chi connectivity index (χ2v) is 6.79. The van der Waals surface area contributed by atoms with Crippen molar-refractivity contribution in [1.29, 1.82) is 5.26 Å². The van der Waals surface area contributed by atoms with Crippen LogP contribution in [0.2, 0.25) is 0 Å². The van der Waals surface area contributed by atoms with Gasteiger partial charge in [-0.2, -0.15) is 10.1 Å². The number of unbranched alkanes of at least 4 members (excludes halogenated alkanes) is 2. The molecule has 0 atom stereocenters. The first kappa shape index (κ1) is 17.2. The van der Waals surface area contributed by atoms with E-state index in [-0.39, 0.29) is 0 Å². The Morgan fingerprint density at radius 1 is 0.960 bits per heavy atom. The maximum atomic E-state index is 8.79. The zero-order valence-electron chi connectivity index (χ0n) is 13.9. The first-order valence-electron chi connectivity index (χ1n) is 8.31. The van der Waals surface area contributed by atoms with Crippen LogP contribution < -0.4 is 0 Å². The fourth-order valence-electron chi connectivity index (χ4n) is 2.39. The molecular formula is C19H19N5S. The monoisotopic (exact) mass is 349 g/mol. The summed E-state index contributed by atoms with van der Waals surface area (Å²) in [4.78, 5) is 2.89. The van der Waals surface area contributed by atoms with Crippen molar-refractivity contribution in [2.45, 2.75) is 30.7 Å². The van der Waals surface area contributed by atoms with E-state index < -0.39 is 0 Å². The average Bonchev–Trinajstić information content (AvgIpc) is 3.15. The lowest BCUT2D eigenvalue weighted by Gasteiger charge is -2.02. The maximum Gasteiger partial charge on any atom is 0.204 e. The van der Waals surface area contributed by atoms with Crippen LogP contribution in [0.1, 0.15) is 24.8 Å². The molecule has 25 heavy (non-hydrogen) atoms. The maximum absolute atomic E-state index is 8.79. The van der Waals surface area contributed by atoms with Crippen LogP contribution in [0, 0.1) is 11.3 Å². The molecule has 0 N–H and O–H groups in total. The summed E-state index contributed by atoms with van der Waals surface area (Å²) in [5.41, 5.74) is 1.70. The summed E-state index contributed by atoms with van der Waals surface area (Å²) < 4.78 is 0. The number of nitriles is 1. The number of rotatable bonds is 8. The van der Waals surface area contributed by atoms with Crippen molar-refractivity contribution in [2.75, 3.05) is 5.75 Å². The third kappa shape index (κ3) is 5.16. The SMILES string of the molecule is N#Cc1ccc(SCCCCCn2nnc(-c3ccccc3)n2)cc1. The number of aryl methyl sites for hydroxylation is 1. The molecule has 0 radical (unpaired) electrons. The molecule has 0 unspecified atom stereocenters. The third-order valence-electron chi connectivity index (χ3n) is 3.74. The number of hydrogen-bond acceptors (Lipinski definition) is 5. The van der Waals surface area contributed by atoms with E-state index >= 15 is 0 Å². The fraction of sp³-hybridized carbons (Fsp3) is 0.263. The van der Waals surface area contributed by atoms with Crippen molar-refractivity contribution in [2.24, 2.45) is 0 Å². The van der Waals surface area contributed by atoms with E-state index in [1.165, 1.54) is 4.90 Å². The lowest BCUT2D eigenvalue weighted by Crippen LogP contribution is -2.02. The van der Waals surface area contributed by atoms with Gasteiger partial charge < -0.3 is 0 Å². The molecule has 5 nitrogen and oxygen atoms in total. The minimum absolute atomic E-state index is 0.678. The van der Waals surface area contributed by atoms with Gasteiger partial charge in [-0.05, 0) is 48.1 Å². The van der Waals surface area contributed by atoms with Crippen molar-refractivity contribution >= 4 is 11.8 Å². The Balaban J connectivity index is 1.35. The van der Waals surface area contributed by atoms with Gasteiger partial charge in [0.05, 0.1) is 18.2 Å². The predicted molar refractivity (Wildman–Crippen MR) is 99.0 cm³/mol. The van der Waals surface area contributed by atoms with Gasteiger partial charge >= 0.3 is 0 Å². The summed E-state index contributed by atoms with van der Waals surface area (Å²) in [6, 6.07) is 19.8. The first-order valence-corrected chi connectivity index (χ1v) is 9.30. The van der Waals surface area contributed by atoms with Crippen molar-refractivity contribution in [3.8, 4) is 17.5 Å². The molecule has 0 aliphatic heterocycles. The fourth-order valence-corrected chi connectivity index (χ4v) is 3.30. The number of benzene rings is 2. The molecule has 0 spiro atoms. The number of tetrazole rings is 1. The van der Waals surface area contributed by atoms with Gasteiger partial charge in [-0.25, -0.2) is 0 Å². The lowest BCUT2D eigenvalue weighted by atomic mass is 10.2. The van der Waals surface area contributed by atoms with Crippen LogP contribution in [0.3, 0.4) is 0 Å². The summed E-state index contributed by atoms with van der Waals surface area (Å²) in [6.45, 7) is 0.793. The summed E-state index contributed by atoms with van der Waals surface area (Å²) in [5.74, 6) is 1.75. The predicted octanol–water partition coefficient (Wildman–Crippen LogP) is 4.17. The average molecular weight is 349 g/mol. The second-order valence-electron chi connectivity index (χ2n) is 5.62. The van der Waals surface area contributed by atoms with Gasteiger partial charge in [0, 0.05) is 10.5 Å². The first-order chi connectivity index (χ1) is 12.3. The van der Waals surface area contributed by atoms with E-state index in [0.29, 0.717) is 11.4 Å². The molecule has 3 rings (SSSR count). The minimum atomic E-state index is 0.678. The largest absolute Gasteiger partial charge is 0.204 e. The molecule has 1 aromatic heterocycles. The van der Waals surface area contributed by atoms with Crippen molar-refractivity contribution in [3.63, 3.8) is 0 Å². The number of hydrogen-bond donors (Lipinski definition) is 0. The van der Waals surface area contributed by atoms with Crippen LogP contribution >= 0.6 is 11.8 Å².